The number of urea groups is 1. The third kappa shape index (κ3) is 4.02. The molecule has 0 aliphatic carbocycles. The number of nitrogens with one attached hydrogen (secondary N) is 3. The Bertz CT molecular complexity index is 817. The molecule has 3 N–H and O–H groups in total. The summed E-state index contributed by atoms with van der Waals surface area (Å²) in [5.74, 6) is 0. The van der Waals surface area contributed by atoms with Crippen LogP contribution in [0.4, 0.5) is 10.5 Å². The van der Waals surface area contributed by atoms with Crippen LogP contribution in [-0.4, -0.2) is 16.2 Å². The number of anilines is 1. The van der Waals surface area contributed by atoms with Crippen LogP contribution in [0.5, 0.6) is 0 Å². The summed E-state index contributed by atoms with van der Waals surface area (Å²) in [4.78, 5) is 12.1. The average Bonchev–Trinajstić information content (AvgIpc) is 3.10. The molecule has 0 bridgehead atoms. The second-order valence-corrected chi connectivity index (χ2v) is 5.83. The third-order valence-electron chi connectivity index (χ3n) is 3.55. The van der Waals surface area contributed by atoms with Gasteiger partial charge in [-0.1, -0.05) is 58.4 Å². The van der Waals surface area contributed by atoms with E-state index in [1.807, 2.05) is 60.8 Å². The normalized spacial score (nSPS) is 10.4. The third-order valence-corrected chi connectivity index (χ3v) is 4.16. The van der Waals surface area contributed by atoms with E-state index in [9.17, 15) is 4.79 Å². The topological polar surface area (TPSA) is 69.8 Å². The highest BCUT2D eigenvalue weighted by Gasteiger charge is 2.09. The largest absolute Gasteiger partial charge is 0.334 e. The van der Waals surface area contributed by atoms with Gasteiger partial charge in [0.2, 0.25) is 0 Å². The van der Waals surface area contributed by atoms with E-state index in [0.29, 0.717) is 11.9 Å². The number of rotatable bonds is 5. The Balaban J connectivity index is 1.65. The molecule has 0 spiro atoms. The van der Waals surface area contributed by atoms with E-state index >= 15 is 0 Å². The van der Waals surface area contributed by atoms with Crippen molar-refractivity contribution in [3.63, 3.8) is 0 Å². The summed E-state index contributed by atoms with van der Waals surface area (Å²) in [6.07, 6.45) is 1.86. The SMILES string of the molecule is O=C(NCc1ccccc1)Nc1cccc(-c2n[nH]cc2CBr)c1. The number of benzene rings is 2. The minimum atomic E-state index is -0.237. The van der Waals surface area contributed by atoms with Crippen LogP contribution in [0.15, 0.2) is 60.8 Å². The fourth-order valence-corrected chi connectivity index (χ4v) is 2.79. The lowest BCUT2D eigenvalue weighted by Gasteiger charge is -2.09. The smallest absolute Gasteiger partial charge is 0.319 e. The van der Waals surface area contributed by atoms with Crippen molar-refractivity contribution in [1.82, 2.24) is 15.5 Å². The van der Waals surface area contributed by atoms with Crippen LogP contribution in [-0.2, 0) is 11.9 Å². The van der Waals surface area contributed by atoms with Crippen LogP contribution in [0, 0.1) is 0 Å². The van der Waals surface area contributed by atoms with Crippen molar-refractivity contribution < 1.29 is 4.79 Å². The van der Waals surface area contributed by atoms with E-state index < -0.39 is 0 Å². The maximum atomic E-state index is 12.1. The molecule has 0 aliphatic rings. The Labute approximate surface area is 148 Å². The molecule has 0 radical (unpaired) electrons. The zero-order valence-corrected chi connectivity index (χ0v) is 14.5. The second kappa shape index (κ2) is 7.79. The van der Waals surface area contributed by atoms with Gasteiger partial charge < -0.3 is 10.6 Å². The van der Waals surface area contributed by atoms with Crippen LogP contribution in [0.2, 0.25) is 0 Å². The summed E-state index contributed by atoms with van der Waals surface area (Å²) in [7, 11) is 0. The summed E-state index contributed by atoms with van der Waals surface area (Å²) >= 11 is 3.45. The Kier molecular flexibility index (Phi) is 5.28. The summed E-state index contributed by atoms with van der Waals surface area (Å²) < 4.78 is 0. The molecule has 2 aromatic carbocycles. The van der Waals surface area contributed by atoms with Gasteiger partial charge in [0.15, 0.2) is 0 Å². The molecule has 1 heterocycles. The van der Waals surface area contributed by atoms with E-state index in [1.165, 1.54) is 0 Å². The molecular formula is C18H17BrN4O. The van der Waals surface area contributed by atoms with E-state index in [4.69, 9.17) is 0 Å². The summed E-state index contributed by atoms with van der Waals surface area (Å²) in [6, 6.07) is 17.2. The molecular weight excluding hydrogens is 368 g/mol. The summed E-state index contributed by atoms with van der Waals surface area (Å²) in [6.45, 7) is 0.486. The van der Waals surface area contributed by atoms with E-state index in [2.05, 4.69) is 36.8 Å². The Morgan fingerprint density at radius 2 is 1.96 bits per heavy atom. The van der Waals surface area contributed by atoms with E-state index in [0.717, 1.165) is 28.1 Å². The van der Waals surface area contributed by atoms with Gasteiger partial charge in [0.1, 0.15) is 0 Å². The number of carbonyl (C=O) groups excluding carboxylic acids is 1. The molecule has 0 atom stereocenters. The van der Waals surface area contributed by atoms with Gasteiger partial charge in [-0.2, -0.15) is 5.10 Å². The fourth-order valence-electron chi connectivity index (χ4n) is 2.36. The van der Waals surface area contributed by atoms with Gasteiger partial charge >= 0.3 is 6.03 Å². The number of nitrogens with zero attached hydrogens (tertiary/aromatic N) is 1. The molecule has 122 valence electrons. The number of hydrogen-bond donors (Lipinski definition) is 3. The Morgan fingerprint density at radius 3 is 2.75 bits per heavy atom. The van der Waals surface area contributed by atoms with Crippen molar-refractivity contribution in [1.29, 1.82) is 0 Å². The Hall–Kier alpha value is -2.60. The van der Waals surface area contributed by atoms with Crippen LogP contribution >= 0.6 is 15.9 Å². The minimum absolute atomic E-state index is 0.237. The number of alkyl halides is 1. The van der Waals surface area contributed by atoms with Gasteiger partial charge in [-0.25, -0.2) is 4.79 Å². The summed E-state index contributed by atoms with van der Waals surface area (Å²) in [5.41, 5.74) is 4.67. The first-order chi connectivity index (χ1) is 11.8. The number of amides is 2. The standard InChI is InChI=1S/C18H17BrN4O/c19-10-15-12-21-23-17(15)14-7-4-8-16(9-14)22-18(24)20-11-13-5-2-1-3-6-13/h1-9,12H,10-11H2,(H,21,23)(H2,20,22,24). The van der Waals surface area contributed by atoms with Gasteiger partial charge in [-0.15, -0.1) is 0 Å². The van der Waals surface area contributed by atoms with Crippen molar-refractivity contribution in [2.75, 3.05) is 5.32 Å². The molecule has 1 aromatic heterocycles. The maximum Gasteiger partial charge on any atom is 0.319 e. The highest BCUT2D eigenvalue weighted by molar-refractivity contribution is 9.08. The van der Waals surface area contributed by atoms with E-state index in [-0.39, 0.29) is 6.03 Å². The highest BCUT2D eigenvalue weighted by Crippen LogP contribution is 2.25. The number of aromatic amines is 1. The van der Waals surface area contributed by atoms with Gasteiger partial charge in [-0.3, -0.25) is 5.10 Å². The molecule has 5 nitrogen and oxygen atoms in total. The van der Waals surface area contributed by atoms with Gasteiger partial charge in [0.05, 0.1) is 5.69 Å². The molecule has 0 saturated heterocycles. The van der Waals surface area contributed by atoms with Crippen molar-refractivity contribution in [2.24, 2.45) is 0 Å². The fraction of sp³-hybridized carbons (Fsp3) is 0.111. The molecule has 0 saturated carbocycles. The van der Waals surface area contributed by atoms with Crippen LogP contribution in [0.3, 0.4) is 0 Å². The summed E-state index contributed by atoms with van der Waals surface area (Å²) in [5, 5.41) is 13.6. The number of hydrogen-bond acceptors (Lipinski definition) is 2. The van der Waals surface area contributed by atoms with Crippen molar-refractivity contribution in [3.8, 4) is 11.3 Å². The predicted octanol–water partition coefficient (Wildman–Crippen LogP) is 4.29. The first-order valence-corrected chi connectivity index (χ1v) is 8.66. The molecule has 0 unspecified atom stereocenters. The van der Waals surface area contributed by atoms with Crippen molar-refractivity contribution in [3.05, 3.63) is 71.9 Å². The number of H-pyrrole nitrogens is 1. The van der Waals surface area contributed by atoms with Gasteiger partial charge in [0.25, 0.3) is 0 Å². The monoisotopic (exact) mass is 384 g/mol. The van der Waals surface area contributed by atoms with Crippen LogP contribution < -0.4 is 10.6 Å². The molecule has 0 aliphatic heterocycles. The first-order valence-electron chi connectivity index (χ1n) is 7.54. The maximum absolute atomic E-state index is 12.1. The zero-order chi connectivity index (χ0) is 16.8. The lowest BCUT2D eigenvalue weighted by molar-refractivity contribution is 0.251. The average molecular weight is 385 g/mol. The quantitative estimate of drug-likeness (QED) is 0.574. The Morgan fingerprint density at radius 1 is 1.12 bits per heavy atom. The predicted molar refractivity (Wildman–Crippen MR) is 99.0 cm³/mol. The lowest BCUT2D eigenvalue weighted by atomic mass is 10.1. The molecule has 0 fully saturated rings. The van der Waals surface area contributed by atoms with Crippen LogP contribution in [0.1, 0.15) is 11.1 Å². The van der Waals surface area contributed by atoms with Gasteiger partial charge in [0, 0.05) is 34.9 Å². The van der Waals surface area contributed by atoms with E-state index in [1.54, 1.807) is 0 Å². The molecule has 6 heteroatoms. The van der Waals surface area contributed by atoms with Crippen LogP contribution in [0.25, 0.3) is 11.3 Å². The molecule has 2 amide bonds. The van der Waals surface area contributed by atoms with Crippen molar-refractivity contribution >= 4 is 27.6 Å². The molecule has 3 rings (SSSR count). The molecule has 3 aromatic rings. The second-order valence-electron chi connectivity index (χ2n) is 5.27. The van der Waals surface area contributed by atoms with Gasteiger partial charge in [-0.05, 0) is 17.7 Å². The van der Waals surface area contributed by atoms with Crippen molar-refractivity contribution in [2.45, 2.75) is 11.9 Å². The first kappa shape index (κ1) is 16.3. The molecule has 24 heavy (non-hydrogen) atoms. The highest BCUT2D eigenvalue weighted by atomic mass is 79.9. The number of halogens is 1. The number of aromatic nitrogens is 2. The zero-order valence-electron chi connectivity index (χ0n) is 12.9. The minimum Gasteiger partial charge on any atom is -0.334 e. The number of carbonyl (C=O) groups is 1. The lowest BCUT2D eigenvalue weighted by Crippen LogP contribution is -2.28.